The lowest BCUT2D eigenvalue weighted by Gasteiger charge is -2.15. The maximum atomic E-state index is 12.4. The molecule has 0 atom stereocenters. The second-order valence-electron chi connectivity index (χ2n) is 7.70. The number of halogens is 1. The van der Waals surface area contributed by atoms with E-state index in [0.717, 1.165) is 26.5 Å². The van der Waals surface area contributed by atoms with Crippen molar-refractivity contribution in [1.29, 1.82) is 0 Å². The lowest BCUT2D eigenvalue weighted by molar-refractivity contribution is 0.0954. The standard InChI is InChI=1S/C28H25BrN2O3/c1-3-33-26-16-20(17-30-31-28(32)23-13-6-4-9-19(23)2)15-25(29)27(26)34-18-22-12-8-11-21-10-5-7-14-24(21)22/h4-17H,3,18H2,1-2H3,(H,31,32)/b30-17+. The minimum absolute atomic E-state index is 0.256. The highest BCUT2D eigenvalue weighted by Gasteiger charge is 2.13. The van der Waals surface area contributed by atoms with Crippen molar-refractivity contribution < 1.29 is 14.3 Å². The first-order valence-electron chi connectivity index (χ1n) is 11.0. The number of nitrogens with one attached hydrogen (secondary N) is 1. The fourth-order valence-corrected chi connectivity index (χ4v) is 4.26. The number of hydrogen-bond acceptors (Lipinski definition) is 4. The van der Waals surface area contributed by atoms with E-state index in [9.17, 15) is 4.79 Å². The van der Waals surface area contributed by atoms with E-state index in [1.807, 2.05) is 62.4 Å². The number of amides is 1. The molecule has 0 saturated heterocycles. The van der Waals surface area contributed by atoms with Gasteiger partial charge < -0.3 is 9.47 Å². The molecule has 0 aliphatic carbocycles. The van der Waals surface area contributed by atoms with Crippen LogP contribution in [0, 0.1) is 6.92 Å². The van der Waals surface area contributed by atoms with E-state index < -0.39 is 0 Å². The molecule has 0 aromatic heterocycles. The molecule has 1 N–H and O–H groups in total. The Morgan fingerprint density at radius 3 is 2.59 bits per heavy atom. The Labute approximate surface area is 207 Å². The number of benzene rings is 4. The monoisotopic (exact) mass is 516 g/mol. The molecule has 172 valence electrons. The first-order valence-corrected chi connectivity index (χ1v) is 11.8. The summed E-state index contributed by atoms with van der Waals surface area (Å²) in [5, 5.41) is 6.45. The van der Waals surface area contributed by atoms with Crippen LogP contribution in [0.2, 0.25) is 0 Å². The highest BCUT2D eigenvalue weighted by atomic mass is 79.9. The summed E-state index contributed by atoms with van der Waals surface area (Å²) >= 11 is 3.60. The van der Waals surface area contributed by atoms with Crippen molar-refractivity contribution in [2.75, 3.05) is 6.61 Å². The molecule has 6 heteroatoms. The van der Waals surface area contributed by atoms with Crippen LogP contribution in [0.25, 0.3) is 10.8 Å². The quantitative estimate of drug-likeness (QED) is 0.210. The summed E-state index contributed by atoms with van der Waals surface area (Å²) in [6.45, 7) is 4.70. The summed E-state index contributed by atoms with van der Waals surface area (Å²) in [6.07, 6.45) is 1.58. The first kappa shape index (κ1) is 23.5. The van der Waals surface area contributed by atoms with Crippen molar-refractivity contribution in [2.45, 2.75) is 20.5 Å². The lowest BCUT2D eigenvalue weighted by Crippen LogP contribution is -2.18. The van der Waals surface area contributed by atoms with Crippen molar-refractivity contribution in [3.05, 3.63) is 106 Å². The summed E-state index contributed by atoms with van der Waals surface area (Å²) in [4.78, 5) is 12.4. The summed E-state index contributed by atoms with van der Waals surface area (Å²) in [7, 11) is 0. The van der Waals surface area contributed by atoms with Crippen LogP contribution in [0.15, 0.2) is 88.4 Å². The van der Waals surface area contributed by atoms with Gasteiger partial charge in [-0.25, -0.2) is 5.43 Å². The van der Waals surface area contributed by atoms with Gasteiger partial charge in [0.05, 0.1) is 17.3 Å². The zero-order chi connectivity index (χ0) is 23.9. The Balaban J connectivity index is 1.51. The molecular weight excluding hydrogens is 492 g/mol. The number of hydrogen-bond donors (Lipinski definition) is 1. The van der Waals surface area contributed by atoms with Crippen LogP contribution in [0.4, 0.5) is 0 Å². The molecule has 0 spiro atoms. The third kappa shape index (κ3) is 5.46. The summed E-state index contributed by atoms with van der Waals surface area (Å²) in [5.41, 5.74) is 5.92. The largest absolute Gasteiger partial charge is 0.490 e. The van der Waals surface area contributed by atoms with Gasteiger partial charge in [0.2, 0.25) is 0 Å². The van der Waals surface area contributed by atoms with Gasteiger partial charge in [-0.15, -0.1) is 0 Å². The molecule has 4 rings (SSSR count). The zero-order valence-electron chi connectivity index (χ0n) is 19.0. The van der Waals surface area contributed by atoms with Crippen LogP contribution in [0.3, 0.4) is 0 Å². The summed E-state index contributed by atoms with van der Waals surface area (Å²) < 4.78 is 12.8. The van der Waals surface area contributed by atoms with Gasteiger partial charge in [-0.2, -0.15) is 5.10 Å². The van der Waals surface area contributed by atoms with E-state index in [4.69, 9.17) is 9.47 Å². The number of carbonyl (C=O) groups is 1. The fraction of sp³-hybridized carbons (Fsp3) is 0.143. The fourth-order valence-electron chi connectivity index (χ4n) is 3.69. The van der Waals surface area contributed by atoms with Gasteiger partial charge in [-0.3, -0.25) is 4.79 Å². The molecule has 0 bridgehead atoms. The van der Waals surface area contributed by atoms with Gasteiger partial charge in [-0.05, 0) is 75.4 Å². The van der Waals surface area contributed by atoms with Crippen molar-refractivity contribution in [2.24, 2.45) is 5.10 Å². The Morgan fingerprint density at radius 2 is 1.76 bits per heavy atom. The third-order valence-corrected chi connectivity index (χ3v) is 5.94. The molecule has 4 aromatic rings. The molecule has 0 saturated carbocycles. The molecule has 4 aromatic carbocycles. The van der Waals surface area contributed by atoms with Gasteiger partial charge >= 0.3 is 0 Å². The number of rotatable bonds is 8. The van der Waals surface area contributed by atoms with Crippen molar-refractivity contribution in [3.63, 3.8) is 0 Å². The topological polar surface area (TPSA) is 59.9 Å². The normalized spacial score (nSPS) is 11.0. The number of hydrazone groups is 1. The molecular formula is C28H25BrN2O3. The molecule has 0 aliphatic heterocycles. The Kier molecular flexibility index (Phi) is 7.60. The first-order chi connectivity index (χ1) is 16.6. The maximum absolute atomic E-state index is 12.4. The van der Waals surface area contributed by atoms with E-state index in [0.29, 0.717) is 30.3 Å². The molecule has 5 nitrogen and oxygen atoms in total. The highest BCUT2D eigenvalue weighted by molar-refractivity contribution is 9.10. The molecule has 0 unspecified atom stereocenters. The number of nitrogens with zero attached hydrogens (tertiary/aromatic N) is 1. The van der Waals surface area contributed by atoms with Crippen LogP contribution < -0.4 is 14.9 Å². The Bertz CT molecular complexity index is 1350. The van der Waals surface area contributed by atoms with Crippen molar-refractivity contribution >= 4 is 38.8 Å². The molecule has 0 aliphatic rings. The van der Waals surface area contributed by atoms with Crippen LogP contribution in [-0.4, -0.2) is 18.7 Å². The molecule has 0 heterocycles. The van der Waals surface area contributed by atoms with E-state index in [1.54, 1.807) is 12.3 Å². The second kappa shape index (κ2) is 11.0. The van der Waals surface area contributed by atoms with Gasteiger partial charge in [0, 0.05) is 5.56 Å². The van der Waals surface area contributed by atoms with Crippen LogP contribution in [-0.2, 0) is 6.61 Å². The predicted octanol–water partition coefficient (Wildman–Crippen LogP) is 6.65. The Hall–Kier alpha value is -3.64. The second-order valence-corrected chi connectivity index (χ2v) is 8.56. The lowest BCUT2D eigenvalue weighted by atomic mass is 10.1. The van der Waals surface area contributed by atoms with Gasteiger partial charge in [0.1, 0.15) is 6.61 Å². The van der Waals surface area contributed by atoms with Gasteiger partial charge in [0.25, 0.3) is 5.91 Å². The summed E-state index contributed by atoms with van der Waals surface area (Å²) in [5.74, 6) is 0.966. The van der Waals surface area contributed by atoms with Crippen LogP contribution in [0.5, 0.6) is 11.5 Å². The van der Waals surface area contributed by atoms with Crippen LogP contribution in [0.1, 0.15) is 34.0 Å². The van der Waals surface area contributed by atoms with Gasteiger partial charge in [-0.1, -0.05) is 60.7 Å². The third-order valence-electron chi connectivity index (χ3n) is 5.35. The minimum Gasteiger partial charge on any atom is -0.490 e. The van der Waals surface area contributed by atoms with E-state index >= 15 is 0 Å². The zero-order valence-corrected chi connectivity index (χ0v) is 20.6. The molecule has 0 fully saturated rings. The van der Waals surface area contributed by atoms with E-state index in [-0.39, 0.29) is 5.91 Å². The van der Waals surface area contributed by atoms with Crippen molar-refractivity contribution in [1.82, 2.24) is 5.43 Å². The summed E-state index contributed by atoms with van der Waals surface area (Å²) in [6, 6.07) is 25.5. The maximum Gasteiger partial charge on any atom is 0.271 e. The number of aryl methyl sites for hydroxylation is 1. The Morgan fingerprint density at radius 1 is 1.00 bits per heavy atom. The van der Waals surface area contributed by atoms with Gasteiger partial charge in [0.15, 0.2) is 11.5 Å². The van der Waals surface area contributed by atoms with E-state index in [2.05, 4.69) is 50.7 Å². The van der Waals surface area contributed by atoms with Crippen LogP contribution >= 0.6 is 15.9 Å². The minimum atomic E-state index is -0.256. The molecule has 34 heavy (non-hydrogen) atoms. The highest BCUT2D eigenvalue weighted by Crippen LogP contribution is 2.37. The smallest absolute Gasteiger partial charge is 0.271 e. The van der Waals surface area contributed by atoms with Crippen molar-refractivity contribution in [3.8, 4) is 11.5 Å². The predicted molar refractivity (Wildman–Crippen MR) is 140 cm³/mol. The number of carbonyl (C=O) groups excluding carboxylic acids is 1. The molecule has 1 amide bonds. The average molecular weight is 517 g/mol. The average Bonchev–Trinajstić information content (AvgIpc) is 2.84. The number of fused-ring (bicyclic) bond motifs is 1. The van der Waals surface area contributed by atoms with E-state index in [1.165, 1.54) is 5.39 Å². The SMILES string of the molecule is CCOc1cc(/C=N/NC(=O)c2ccccc2C)cc(Br)c1OCc1cccc2ccccc12. The molecule has 0 radical (unpaired) electrons. The number of ether oxygens (including phenoxy) is 2.